The second kappa shape index (κ2) is 8.65. The molecule has 1 aliphatic rings. The van der Waals surface area contributed by atoms with Crippen molar-refractivity contribution in [3.05, 3.63) is 48.5 Å². The summed E-state index contributed by atoms with van der Waals surface area (Å²) in [5.41, 5.74) is 0. The number of ether oxygens (including phenoxy) is 4. The third kappa shape index (κ3) is 6.57. The Balaban J connectivity index is 1.61. The minimum absolute atomic E-state index is 0.0222. The molecule has 1 saturated heterocycles. The summed E-state index contributed by atoms with van der Waals surface area (Å²) in [5, 5.41) is 10.2. The van der Waals surface area contributed by atoms with Gasteiger partial charge >= 0.3 is 6.36 Å². The van der Waals surface area contributed by atoms with Gasteiger partial charge in [0.25, 0.3) is 0 Å². The van der Waals surface area contributed by atoms with Gasteiger partial charge < -0.3 is 24.1 Å². The zero-order valence-electron chi connectivity index (χ0n) is 16.6. The Hall–Kier alpha value is -2.34. The lowest BCUT2D eigenvalue weighted by Crippen LogP contribution is -2.36. The molecule has 1 N–H and O–H groups in total. The van der Waals surface area contributed by atoms with E-state index < -0.39 is 39.9 Å². The highest BCUT2D eigenvalue weighted by molar-refractivity contribution is 7.91. The summed E-state index contributed by atoms with van der Waals surface area (Å²) in [6.07, 6.45) is -6.80. The predicted octanol–water partition coefficient (Wildman–Crippen LogP) is 3.66. The Morgan fingerprint density at radius 2 is 1.58 bits per heavy atom. The first kappa shape index (κ1) is 23.3. The van der Waals surface area contributed by atoms with Gasteiger partial charge in [0, 0.05) is 0 Å². The van der Waals surface area contributed by atoms with Gasteiger partial charge in [-0.3, -0.25) is 0 Å². The van der Waals surface area contributed by atoms with Gasteiger partial charge in [-0.25, -0.2) is 8.42 Å². The molecule has 1 heterocycles. The van der Waals surface area contributed by atoms with E-state index in [0.717, 1.165) is 12.1 Å². The highest BCUT2D eigenvalue weighted by atomic mass is 32.2. The highest BCUT2D eigenvalue weighted by Crippen LogP contribution is 2.29. The average Bonchev–Trinajstić information content (AvgIpc) is 3.02. The van der Waals surface area contributed by atoms with Crippen molar-refractivity contribution in [2.24, 2.45) is 0 Å². The number of sulfone groups is 1. The Bertz CT molecular complexity index is 987. The first-order valence-electron chi connectivity index (χ1n) is 9.19. The fraction of sp³-hybridized carbons (Fsp3) is 0.400. The van der Waals surface area contributed by atoms with Crippen LogP contribution in [0, 0.1) is 0 Å². The number of hydrogen-bond donors (Lipinski definition) is 1. The van der Waals surface area contributed by atoms with E-state index in [1.807, 2.05) is 0 Å². The lowest BCUT2D eigenvalue weighted by atomic mass is 10.2. The van der Waals surface area contributed by atoms with Gasteiger partial charge in [0.2, 0.25) is 0 Å². The van der Waals surface area contributed by atoms with Crippen molar-refractivity contribution >= 4 is 9.84 Å². The van der Waals surface area contributed by atoms with Crippen molar-refractivity contribution in [1.29, 1.82) is 0 Å². The van der Waals surface area contributed by atoms with Crippen LogP contribution in [-0.4, -0.2) is 50.2 Å². The van der Waals surface area contributed by atoms with E-state index in [9.17, 15) is 26.7 Å². The van der Waals surface area contributed by atoms with Crippen molar-refractivity contribution in [1.82, 2.24) is 0 Å². The van der Waals surface area contributed by atoms with E-state index in [1.165, 1.54) is 36.4 Å². The topological polar surface area (TPSA) is 91.3 Å². The summed E-state index contributed by atoms with van der Waals surface area (Å²) in [5.74, 6) is -1.30. The van der Waals surface area contributed by atoms with Gasteiger partial charge in [0.1, 0.15) is 23.4 Å². The number of benzene rings is 2. The molecule has 0 amide bonds. The lowest BCUT2D eigenvalue weighted by Gasteiger charge is -2.20. The Morgan fingerprint density at radius 1 is 1.06 bits per heavy atom. The Morgan fingerprint density at radius 3 is 2.06 bits per heavy atom. The molecule has 1 fully saturated rings. The third-order valence-electron chi connectivity index (χ3n) is 4.33. The van der Waals surface area contributed by atoms with Crippen LogP contribution < -0.4 is 9.47 Å². The highest BCUT2D eigenvalue weighted by Gasteiger charge is 2.38. The molecule has 1 aliphatic heterocycles. The van der Waals surface area contributed by atoms with Crippen molar-refractivity contribution in [2.45, 2.75) is 43.1 Å². The molecule has 31 heavy (non-hydrogen) atoms. The van der Waals surface area contributed by atoms with Gasteiger partial charge in [-0.15, -0.1) is 13.2 Å². The first-order valence-corrected chi connectivity index (χ1v) is 10.8. The minimum Gasteiger partial charge on any atom is -0.457 e. The molecule has 0 radical (unpaired) electrons. The standard InChI is InChI=1S/C20H21F3O7S/c1-19(2)27-11-18(30-19)17(24)12-31(25,26)16-9-7-14(8-10-16)28-13-3-5-15(6-4-13)29-20(21,22)23/h3-10,17-18,24H,11-12H2,1-2H3/t17-,18+/m0/s1. The number of rotatable bonds is 7. The van der Waals surface area contributed by atoms with Crippen LogP contribution in [-0.2, 0) is 19.3 Å². The van der Waals surface area contributed by atoms with Crippen LogP contribution in [0.2, 0.25) is 0 Å². The van der Waals surface area contributed by atoms with E-state index in [1.54, 1.807) is 13.8 Å². The normalized spacial score (nSPS) is 19.7. The fourth-order valence-electron chi connectivity index (χ4n) is 2.89. The zero-order chi connectivity index (χ0) is 22.9. The first-order chi connectivity index (χ1) is 14.3. The molecule has 170 valence electrons. The number of halogens is 3. The molecule has 2 atom stereocenters. The Kier molecular flexibility index (Phi) is 6.51. The number of alkyl halides is 3. The summed E-state index contributed by atoms with van der Waals surface area (Å²) < 4.78 is 81.8. The number of hydrogen-bond acceptors (Lipinski definition) is 7. The lowest BCUT2D eigenvalue weighted by molar-refractivity contribution is -0.274. The van der Waals surface area contributed by atoms with Crippen LogP contribution in [0.1, 0.15) is 13.8 Å². The smallest absolute Gasteiger partial charge is 0.457 e. The van der Waals surface area contributed by atoms with Crippen LogP contribution in [0.4, 0.5) is 13.2 Å². The van der Waals surface area contributed by atoms with Crippen molar-refractivity contribution in [3.63, 3.8) is 0 Å². The van der Waals surface area contributed by atoms with Crippen LogP contribution >= 0.6 is 0 Å². The van der Waals surface area contributed by atoms with E-state index in [0.29, 0.717) is 0 Å². The third-order valence-corrected chi connectivity index (χ3v) is 6.10. The summed E-state index contributed by atoms with van der Waals surface area (Å²) in [6.45, 7) is 3.43. The molecule has 2 aromatic carbocycles. The largest absolute Gasteiger partial charge is 0.573 e. The van der Waals surface area contributed by atoms with Crippen molar-refractivity contribution in [3.8, 4) is 17.2 Å². The van der Waals surface area contributed by atoms with Crippen LogP contribution in [0.3, 0.4) is 0 Å². The zero-order valence-corrected chi connectivity index (χ0v) is 17.4. The summed E-state index contributed by atoms with van der Waals surface area (Å²) >= 11 is 0. The molecule has 0 unspecified atom stereocenters. The van der Waals surface area contributed by atoms with Gasteiger partial charge in [-0.1, -0.05) is 0 Å². The Labute approximate surface area is 177 Å². The molecule has 2 aromatic rings. The fourth-order valence-corrected chi connectivity index (χ4v) is 4.30. The number of aliphatic hydroxyl groups is 1. The van der Waals surface area contributed by atoms with Gasteiger partial charge in [-0.2, -0.15) is 0 Å². The van der Waals surface area contributed by atoms with Crippen LogP contribution in [0.25, 0.3) is 0 Å². The maximum Gasteiger partial charge on any atom is 0.573 e. The molecule has 0 bridgehead atoms. The maximum absolute atomic E-state index is 12.6. The number of aliphatic hydroxyl groups excluding tert-OH is 1. The summed E-state index contributed by atoms with van der Waals surface area (Å²) in [6, 6.07) is 10.2. The summed E-state index contributed by atoms with van der Waals surface area (Å²) in [4.78, 5) is -0.0222. The molecule has 0 aromatic heterocycles. The molecular formula is C20H21F3O7S. The molecule has 11 heteroatoms. The molecular weight excluding hydrogens is 441 g/mol. The van der Waals surface area contributed by atoms with E-state index in [4.69, 9.17) is 14.2 Å². The molecule has 0 aliphatic carbocycles. The van der Waals surface area contributed by atoms with Gasteiger partial charge in [0.05, 0.1) is 23.4 Å². The average molecular weight is 462 g/mol. The van der Waals surface area contributed by atoms with E-state index >= 15 is 0 Å². The quantitative estimate of drug-likeness (QED) is 0.672. The summed E-state index contributed by atoms with van der Waals surface area (Å²) in [7, 11) is -3.81. The second-order valence-corrected chi connectivity index (χ2v) is 9.34. The van der Waals surface area contributed by atoms with E-state index in [-0.39, 0.29) is 28.8 Å². The van der Waals surface area contributed by atoms with Crippen LogP contribution in [0.15, 0.2) is 53.4 Å². The SMILES string of the molecule is CC1(C)OC[C@H]([C@@H](O)CS(=O)(=O)c2ccc(Oc3ccc(OC(F)(F)F)cc3)cc2)O1. The molecule has 3 rings (SSSR count). The van der Waals surface area contributed by atoms with Crippen molar-refractivity contribution < 1.29 is 45.6 Å². The van der Waals surface area contributed by atoms with Crippen LogP contribution in [0.5, 0.6) is 17.2 Å². The molecule has 7 nitrogen and oxygen atoms in total. The minimum atomic E-state index is -4.79. The van der Waals surface area contributed by atoms with Gasteiger partial charge in [0.15, 0.2) is 15.6 Å². The second-order valence-electron chi connectivity index (χ2n) is 7.31. The van der Waals surface area contributed by atoms with Crippen molar-refractivity contribution in [2.75, 3.05) is 12.4 Å². The maximum atomic E-state index is 12.6. The van der Waals surface area contributed by atoms with E-state index in [2.05, 4.69) is 4.74 Å². The van der Waals surface area contributed by atoms with Gasteiger partial charge in [-0.05, 0) is 62.4 Å². The monoisotopic (exact) mass is 462 g/mol. The molecule has 0 spiro atoms. The molecule has 0 saturated carbocycles. The predicted molar refractivity (Wildman–Crippen MR) is 103 cm³/mol.